The maximum absolute atomic E-state index is 4.63. The Bertz CT molecular complexity index is 614. The highest BCUT2D eigenvalue weighted by Gasteiger charge is 2.22. The molecule has 1 aliphatic heterocycles. The Kier molecular flexibility index (Phi) is 4.63. The predicted molar refractivity (Wildman–Crippen MR) is 88.8 cm³/mol. The molecule has 2 aromatic heterocycles. The van der Waals surface area contributed by atoms with Crippen molar-refractivity contribution in [2.24, 2.45) is 0 Å². The number of nitrogens with zero attached hydrogens (tertiary/aromatic N) is 4. The zero-order valence-corrected chi connectivity index (χ0v) is 13.3. The van der Waals surface area contributed by atoms with E-state index in [1.807, 2.05) is 25.1 Å². The molecule has 3 heterocycles. The number of pyridine rings is 1. The zero-order valence-electron chi connectivity index (χ0n) is 13.3. The van der Waals surface area contributed by atoms with Gasteiger partial charge in [0.15, 0.2) is 5.82 Å². The van der Waals surface area contributed by atoms with Gasteiger partial charge in [-0.25, -0.2) is 9.97 Å². The molecule has 3 rings (SSSR count). The summed E-state index contributed by atoms with van der Waals surface area (Å²) in [4.78, 5) is 15.8. The van der Waals surface area contributed by atoms with Crippen molar-refractivity contribution in [2.75, 3.05) is 25.0 Å². The van der Waals surface area contributed by atoms with Crippen LogP contribution in [0, 0.1) is 6.92 Å². The van der Waals surface area contributed by atoms with Crippen LogP contribution in [0.15, 0.2) is 30.6 Å². The molecular formula is C17H23N5. The minimum Gasteiger partial charge on any atom is -0.368 e. The maximum atomic E-state index is 4.63. The first-order valence-electron chi connectivity index (χ1n) is 8.00. The van der Waals surface area contributed by atoms with E-state index in [0.29, 0.717) is 6.04 Å². The second-order valence-electron chi connectivity index (χ2n) is 5.77. The Balaban J connectivity index is 1.73. The van der Waals surface area contributed by atoms with Gasteiger partial charge in [-0.15, -0.1) is 0 Å². The lowest BCUT2D eigenvalue weighted by Crippen LogP contribution is -2.34. The monoisotopic (exact) mass is 297 g/mol. The van der Waals surface area contributed by atoms with Gasteiger partial charge in [0.25, 0.3) is 0 Å². The van der Waals surface area contributed by atoms with E-state index in [4.69, 9.17) is 0 Å². The Hall–Kier alpha value is -2.01. The third-order valence-electron chi connectivity index (χ3n) is 4.20. The van der Waals surface area contributed by atoms with Crippen LogP contribution in [0.2, 0.25) is 0 Å². The quantitative estimate of drug-likeness (QED) is 0.919. The first-order valence-corrected chi connectivity index (χ1v) is 8.00. The fourth-order valence-corrected chi connectivity index (χ4v) is 3.05. The molecule has 22 heavy (non-hydrogen) atoms. The van der Waals surface area contributed by atoms with E-state index >= 15 is 0 Å². The third-order valence-corrected chi connectivity index (χ3v) is 4.20. The number of aryl methyl sites for hydroxylation is 1. The fourth-order valence-electron chi connectivity index (χ4n) is 3.05. The van der Waals surface area contributed by atoms with Crippen LogP contribution in [0.25, 0.3) is 11.4 Å². The molecule has 1 N–H and O–H groups in total. The van der Waals surface area contributed by atoms with Crippen molar-refractivity contribution < 1.29 is 0 Å². The van der Waals surface area contributed by atoms with Crippen LogP contribution in [0.5, 0.6) is 0 Å². The fraction of sp³-hybridized carbons (Fsp3) is 0.471. The Morgan fingerprint density at radius 3 is 3.05 bits per heavy atom. The SMILES string of the molecule is CCN1CCCC1CNc1cc(C)nc(-c2cccnc2)n1. The lowest BCUT2D eigenvalue weighted by Gasteiger charge is -2.23. The molecule has 5 nitrogen and oxygen atoms in total. The Morgan fingerprint density at radius 2 is 2.27 bits per heavy atom. The van der Waals surface area contributed by atoms with Crippen molar-refractivity contribution >= 4 is 5.82 Å². The number of likely N-dealkylation sites (N-methyl/N-ethyl adjacent to an activating group) is 1. The van der Waals surface area contributed by atoms with Gasteiger partial charge in [-0.05, 0) is 45.0 Å². The smallest absolute Gasteiger partial charge is 0.163 e. The molecule has 1 saturated heterocycles. The molecule has 0 amide bonds. The highest BCUT2D eigenvalue weighted by atomic mass is 15.2. The molecule has 1 atom stereocenters. The van der Waals surface area contributed by atoms with Crippen LogP contribution < -0.4 is 5.32 Å². The van der Waals surface area contributed by atoms with E-state index < -0.39 is 0 Å². The maximum Gasteiger partial charge on any atom is 0.163 e. The van der Waals surface area contributed by atoms with Gasteiger partial charge >= 0.3 is 0 Å². The van der Waals surface area contributed by atoms with Crippen LogP contribution in [-0.4, -0.2) is 45.5 Å². The summed E-state index contributed by atoms with van der Waals surface area (Å²) < 4.78 is 0. The lowest BCUT2D eigenvalue weighted by atomic mass is 10.2. The minimum atomic E-state index is 0.613. The second kappa shape index (κ2) is 6.83. The number of rotatable bonds is 5. The minimum absolute atomic E-state index is 0.613. The lowest BCUT2D eigenvalue weighted by molar-refractivity contribution is 0.277. The number of hydrogen-bond donors (Lipinski definition) is 1. The molecule has 0 radical (unpaired) electrons. The van der Waals surface area contributed by atoms with E-state index in [2.05, 4.69) is 32.1 Å². The first kappa shape index (κ1) is 14.9. The van der Waals surface area contributed by atoms with Crippen molar-refractivity contribution in [3.63, 3.8) is 0 Å². The molecule has 0 saturated carbocycles. The molecule has 1 fully saturated rings. The summed E-state index contributed by atoms with van der Waals surface area (Å²) in [5.74, 6) is 1.63. The molecule has 0 aliphatic carbocycles. The summed E-state index contributed by atoms with van der Waals surface area (Å²) in [6, 6.07) is 6.51. The normalized spacial score (nSPS) is 18.5. The van der Waals surface area contributed by atoms with Crippen molar-refractivity contribution in [1.82, 2.24) is 19.9 Å². The van der Waals surface area contributed by atoms with E-state index in [1.165, 1.54) is 19.4 Å². The average Bonchev–Trinajstić information content (AvgIpc) is 3.01. The summed E-state index contributed by atoms with van der Waals surface area (Å²) >= 11 is 0. The first-order chi connectivity index (χ1) is 10.8. The molecule has 5 heteroatoms. The molecule has 0 aromatic carbocycles. The predicted octanol–water partition coefficient (Wildman–Crippen LogP) is 2.74. The molecule has 0 bridgehead atoms. The van der Waals surface area contributed by atoms with Gasteiger partial charge in [0, 0.05) is 42.3 Å². The second-order valence-corrected chi connectivity index (χ2v) is 5.77. The Morgan fingerprint density at radius 1 is 1.36 bits per heavy atom. The van der Waals surface area contributed by atoms with Crippen LogP contribution in [0.1, 0.15) is 25.5 Å². The topological polar surface area (TPSA) is 53.9 Å². The van der Waals surface area contributed by atoms with Gasteiger partial charge in [0.05, 0.1) is 0 Å². The number of likely N-dealkylation sites (tertiary alicyclic amines) is 1. The summed E-state index contributed by atoms with van der Waals surface area (Å²) in [6.07, 6.45) is 6.12. The molecular weight excluding hydrogens is 274 g/mol. The van der Waals surface area contributed by atoms with Gasteiger partial charge in [0.1, 0.15) is 5.82 Å². The summed E-state index contributed by atoms with van der Waals surface area (Å²) in [6.45, 7) is 7.51. The molecule has 1 unspecified atom stereocenters. The van der Waals surface area contributed by atoms with E-state index in [0.717, 1.165) is 36.0 Å². The number of nitrogens with one attached hydrogen (secondary N) is 1. The van der Waals surface area contributed by atoms with Crippen LogP contribution in [-0.2, 0) is 0 Å². The largest absolute Gasteiger partial charge is 0.368 e. The number of anilines is 1. The summed E-state index contributed by atoms with van der Waals surface area (Å²) in [5.41, 5.74) is 1.92. The van der Waals surface area contributed by atoms with E-state index in [9.17, 15) is 0 Å². The van der Waals surface area contributed by atoms with E-state index in [-0.39, 0.29) is 0 Å². The summed E-state index contributed by atoms with van der Waals surface area (Å²) in [5, 5.41) is 3.49. The van der Waals surface area contributed by atoms with Gasteiger partial charge in [-0.2, -0.15) is 0 Å². The number of aromatic nitrogens is 3. The van der Waals surface area contributed by atoms with Crippen molar-refractivity contribution in [2.45, 2.75) is 32.7 Å². The molecule has 2 aromatic rings. The third kappa shape index (κ3) is 3.42. The highest BCUT2D eigenvalue weighted by molar-refractivity contribution is 5.56. The van der Waals surface area contributed by atoms with Gasteiger partial charge in [-0.1, -0.05) is 6.92 Å². The standard InChI is InChI=1S/C17H23N5/c1-3-22-9-5-7-15(22)12-19-16-10-13(2)20-17(21-16)14-6-4-8-18-11-14/h4,6,8,10-11,15H,3,5,7,9,12H2,1-2H3,(H,19,20,21). The van der Waals surface area contributed by atoms with Crippen molar-refractivity contribution in [3.8, 4) is 11.4 Å². The van der Waals surface area contributed by atoms with Crippen molar-refractivity contribution in [3.05, 3.63) is 36.3 Å². The van der Waals surface area contributed by atoms with Gasteiger partial charge in [-0.3, -0.25) is 9.88 Å². The van der Waals surface area contributed by atoms with Crippen LogP contribution in [0.4, 0.5) is 5.82 Å². The van der Waals surface area contributed by atoms with Crippen LogP contribution in [0.3, 0.4) is 0 Å². The molecule has 0 spiro atoms. The van der Waals surface area contributed by atoms with Crippen LogP contribution >= 0.6 is 0 Å². The Labute approximate surface area is 131 Å². The zero-order chi connectivity index (χ0) is 15.4. The van der Waals surface area contributed by atoms with Crippen molar-refractivity contribution in [1.29, 1.82) is 0 Å². The average molecular weight is 297 g/mol. The number of hydrogen-bond acceptors (Lipinski definition) is 5. The molecule has 1 aliphatic rings. The molecule has 116 valence electrons. The van der Waals surface area contributed by atoms with Gasteiger partial charge < -0.3 is 5.32 Å². The van der Waals surface area contributed by atoms with E-state index in [1.54, 1.807) is 12.4 Å². The highest BCUT2D eigenvalue weighted by Crippen LogP contribution is 2.19. The summed E-state index contributed by atoms with van der Waals surface area (Å²) in [7, 11) is 0. The van der Waals surface area contributed by atoms with Gasteiger partial charge in [0.2, 0.25) is 0 Å².